The monoisotopic (exact) mass is 390 g/mol. The van der Waals surface area contributed by atoms with Crippen LogP contribution in [0.4, 0.5) is 0 Å². The minimum atomic E-state index is -0.901. The molecule has 0 aliphatic rings. The van der Waals surface area contributed by atoms with Crippen LogP contribution >= 0.6 is 11.6 Å². The summed E-state index contributed by atoms with van der Waals surface area (Å²) in [4.78, 5) is 8.16. The Balaban J connectivity index is 1.62. The van der Waals surface area contributed by atoms with E-state index in [0.717, 1.165) is 51.4 Å². The first-order chi connectivity index (χ1) is 13.4. The van der Waals surface area contributed by atoms with E-state index in [4.69, 9.17) is 16.6 Å². The number of H-pyrrole nitrogens is 1. The SMILES string of the molecule is CC(C)(O)c1ccccc1-c1ccc2nc(CCc3cccc(Cl)c3)[nH]c2c1. The van der Waals surface area contributed by atoms with Crippen molar-refractivity contribution in [3.05, 3.63) is 88.7 Å². The lowest BCUT2D eigenvalue weighted by molar-refractivity contribution is 0.0792. The molecule has 1 heterocycles. The van der Waals surface area contributed by atoms with Crippen LogP contribution in [0.25, 0.3) is 22.2 Å². The molecule has 4 rings (SSSR count). The van der Waals surface area contributed by atoms with E-state index in [2.05, 4.69) is 23.2 Å². The van der Waals surface area contributed by atoms with Gasteiger partial charge < -0.3 is 10.1 Å². The number of hydrogen-bond donors (Lipinski definition) is 2. The summed E-state index contributed by atoms with van der Waals surface area (Å²) < 4.78 is 0. The van der Waals surface area contributed by atoms with Gasteiger partial charge in [-0.1, -0.05) is 54.1 Å². The van der Waals surface area contributed by atoms with Gasteiger partial charge in [-0.3, -0.25) is 0 Å². The molecule has 142 valence electrons. The first-order valence-electron chi connectivity index (χ1n) is 9.45. The fourth-order valence-corrected chi connectivity index (χ4v) is 3.78. The molecule has 0 saturated carbocycles. The lowest BCUT2D eigenvalue weighted by Gasteiger charge is -2.21. The van der Waals surface area contributed by atoms with E-state index in [9.17, 15) is 5.11 Å². The molecule has 0 spiro atoms. The summed E-state index contributed by atoms with van der Waals surface area (Å²) in [7, 11) is 0. The van der Waals surface area contributed by atoms with Crippen LogP contribution in [-0.4, -0.2) is 15.1 Å². The quantitative estimate of drug-likeness (QED) is 0.446. The topological polar surface area (TPSA) is 48.9 Å². The molecule has 0 bridgehead atoms. The molecular weight excluding hydrogens is 368 g/mol. The van der Waals surface area contributed by atoms with Gasteiger partial charge in [-0.2, -0.15) is 0 Å². The average Bonchev–Trinajstić information content (AvgIpc) is 3.08. The van der Waals surface area contributed by atoms with Gasteiger partial charge in [0.05, 0.1) is 16.6 Å². The first-order valence-corrected chi connectivity index (χ1v) is 9.83. The van der Waals surface area contributed by atoms with Crippen LogP contribution in [0.15, 0.2) is 66.7 Å². The molecule has 0 saturated heterocycles. The van der Waals surface area contributed by atoms with Gasteiger partial charge in [0.1, 0.15) is 5.82 Å². The number of fused-ring (bicyclic) bond motifs is 1. The highest BCUT2D eigenvalue weighted by molar-refractivity contribution is 6.30. The van der Waals surface area contributed by atoms with Crippen molar-refractivity contribution in [3.63, 3.8) is 0 Å². The molecule has 3 aromatic carbocycles. The zero-order valence-electron chi connectivity index (χ0n) is 16.0. The maximum Gasteiger partial charge on any atom is 0.107 e. The second kappa shape index (κ2) is 7.42. The molecule has 0 radical (unpaired) electrons. The Labute approximate surface area is 170 Å². The van der Waals surface area contributed by atoms with Gasteiger partial charge in [-0.15, -0.1) is 0 Å². The summed E-state index contributed by atoms with van der Waals surface area (Å²) in [5.41, 5.74) is 5.27. The third-order valence-corrected chi connectivity index (χ3v) is 5.20. The predicted octanol–water partition coefficient (Wildman–Crippen LogP) is 5.90. The number of benzene rings is 3. The largest absolute Gasteiger partial charge is 0.386 e. The Morgan fingerprint density at radius 2 is 1.79 bits per heavy atom. The molecule has 0 aliphatic carbocycles. The normalized spacial score (nSPS) is 11.9. The molecule has 4 aromatic rings. The molecule has 0 fully saturated rings. The first kappa shape index (κ1) is 18.7. The molecule has 3 nitrogen and oxygen atoms in total. The van der Waals surface area contributed by atoms with Gasteiger partial charge >= 0.3 is 0 Å². The lowest BCUT2D eigenvalue weighted by Crippen LogP contribution is -2.16. The number of aromatic amines is 1. The fraction of sp³-hybridized carbons (Fsp3) is 0.208. The summed E-state index contributed by atoms with van der Waals surface area (Å²) in [5, 5.41) is 11.3. The Morgan fingerprint density at radius 1 is 0.964 bits per heavy atom. The van der Waals surface area contributed by atoms with Crippen molar-refractivity contribution < 1.29 is 5.11 Å². The minimum Gasteiger partial charge on any atom is -0.386 e. The second-order valence-electron chi connectivity index (χ2n) is 7.65. The van der Waals surface area contributed by atoms with E-state index >= 15 is 0 Å². The van der Waals surface area contributed by atoms with Crippen molar-refractivity contribution in [2.24, 2.45) is 0 Å². The van der Waals surface area contributed by atoms with Gasteiger partial charge in [-0.25, -0.2) is 4.98 Å². The van der Waals surface area contributed by atoms with Gasteiger partial charge in [0.2, 0.25) is 0 Å². The van der Waals surface area contributed by atoms with Crippen LogP contribution in [0.5, 0.6) is 0 Å². The molecule has 0 unspecified atom stereocenters. The third kappa shape index (κ3) is 3.96. The van der Waals surface area contributed by atoms with E-state index < -0.39 is 5.60 Å². The Bertz CT molecular complexity index is 1120. The molecule has 0 aliphatic heterocycles. The summed E-state index contributed by atoms with van der Waals surface area (Å²) in [6.45, 7) is 3.63. The number of hydrogen-bond acceptors (Lipinski definition) is 2. The molecule has 2 N–H and O–H groups in total. The molecular formula is C24H23ClN2O. The van der Waals surface area contributed by atoms with Crippen LogP contribution < -0.4 is 0 Å². The third-order valence-electron chi connectivity index (χ3n) is 4.97. The van der Waals surface area contributed by atoms with Gasteiger partial charge in [0.15, 0.2) is 0 Å². The predicted molar refractivity (Wildman–Crippen MR) is 116 cm³/mol. The van der Waals surface area contributed by atoms with Crippen molar-refractivity contribution in [1.82, 2.24) is 9.97 Å². The lowest BCUT2D eigenvalue weighted by atomic mass is 9.89. The van der Waals surface area contributed by atoms with Gasteiger partial charge in [-0.05, 0) is 66.8 Å². The van der Waals surface area contributed by atoms with Crippen LogP contribution in [0.1, 0.15) is 30.8 Å². The second-order valence-corrected chi connectivity index (χ2v) is 8.09. The van der Waals surface area contributed by atoms with E-state index in [1.807, 2.05) is 62.4 Å². The van der Waals surface area contributed by atoms with E-state index in [1.165, 1.54) is 5.56 Å². The Kier molecular flexibility index (Phi) is 4.96. The highest BCUT2D eigenvalue weighted by atomic mass is 35.5. The number of nitrogens with zero attached hydrogens (tertiary/aromatic N) is 1. The maximum atomic E-state index is 10.5. The van der Waals surface area contributed by atoms with Crippen molar-refractivity contribution in [1.29, 1.82) is 0 Å². The number of aliphatic hydroxyl groups is 1. The van der Waals surface area contributed by atoms with Gasteiger partial charge in [0, 0.05) is 11.4 Å². The van der Waals surface area contributed by atoms with Crippen molar-refractivity contribution >= 4 is 22.6 Å². The van der Waals surface area contributed by atoms with Crippen LogP contribution in [-0.2, 0) is 18.4 Å². The van der Waals surface area contributed by atoms with E-state index in [1.54, 1.807) is 0 Å². The number of aromatic nitrogens is 2. The highest BCUT2D eigenvalue weighted by Crippen LogP contribution is 2.32. The summed E-state index contributed by atoms with van der Waals surface area (Å²) >= 11 is 6.07. The zero-order chi connectivity index (χ0) is 19.7. The zero-order valence-corrected chi connectivity index (χ0v) is 16.8. The van der Waals surface area contributed by atoms with Crippen molar-refractivity contribution in [2.75, 3.05) is 0 Å². The Hall–Kier alpha value is -2.62. The Morgan fingerprint density at radius 3 is 2.57 bits per heavy atom. The smallest absolute Gasteiger partial charge is 0.107 e. The standard InChI is InChI=1S/C24H23ClN2O/c1-24(2,28)20-9-4-3-8-19(20)17-11-12-21-22(15-17)27-23(26-21)13-10-16-6-5-7-18(25)14-16/h3-9,11-12,14-15,28H,10,13H2,1-2H3,(H,26,27). The number of halogens is 1. The molecule has 0 amide bonds. The van der Waals surface area contributed by atoms with Crippen molar-refractivity contribution in [2.45, 2.75) is 32.3 Å². The summed E-state index contributed by atoms with van der Waals surface area (Å²) in [6, 6.07) is 22.1. The number of nitrogens with one attached hydrogen (secondary N) is 1. The van der Waals surface area contributed by atoms with Crippen LogP contribution in [0.2, 0.25) is 5.02 Å². The molecule has 1 aromatic heterocycles. The summed E-state index contributed by atoms with van der Waals surface area (Å²) in [6.07, 6.45) is 1.71. The van der Waals surface area contributed by atoms with Crippen molar-refractivity contribution in [3.8, 4) is 11.1 Å². The van der Waals surface area contributed by atoms with Crippen LogP contribution in [0.3, 0.4) is 0 Å². The average molecular weight is 391 g/mol. The van der Waals surface area contributed by atoms with E-state index in [0.29, 0.717) is 0 Å². The number of rotatable bonds is 5. The summed E-state index contributed by atoms with van der Waals surface area (Å²) in [5.74, 6) is 0.961. The fourth-order valence-electron chi connectivity index (χ4n) is 3.57. The number of aryl methyl sites for hydroxylation is 2. The van der Waals surface area contributed by atoms with E-state index in [-0.39, 0.29) is 0 Å². The number of imidazole rings is 1. The minimum absolute atomic E-state index is 0.761. The van der Waals surface area contributed by atoms with Gasteiger partial charge in [0.25, 0.3) is 0 Å². The maximum absolute atomic E-state index is 10.5. The van der Waals surface area contributed by atoms with Crippen LogP contribution in [0, 0.1) is 0 Å². The molecule has 4 heteroatoms. The molecule has 0 atom stereocenters. The molecule has 28 heavy (non-hydrogen) atoms. The highest BCUT2D eigenvalue weighted by Gasteiger charge is 2.20.